The Bertz CT molecular complexity index is 1320. The summed E-state index contributed by atoms with van der Waals surface area (Å²) in [5.74, 6) is -0.188. The average molecular weight is 490 g/mol. The molecule has 6 nitrogen and oxygen atoms in total. The summed E-state index contributed by atoms with van der Waals surface area (Å²) in [7, 11) is -3.95. The molecule has 4 rings (SSSR count). The second-order valence-electron chi connectivity index (χ2n) is 9.17. The van der Waals surface area contributed by atoms with Crippen molar-refractivity contribution in [1.29, 1.82) is 5.26 Å². The zero-order valence-electron chi connectivity index (χ0n) is 20.0. The number of sulfonamides is 1. The van der Waals surface area contributed by atoms with Crippen LogP contribution in [0.5, 0.6) is 0 Å². The summed E-state index contributed by atoms with van der Waals surface area (Å²) in [6.45, 7) is 2.63. The van der Waals surface area contributed by atoms with E-state index in [1.807, 2.05) is 36.1 Å². The Morgan fingerprint density at radius 2 is 1.74 bits per heavy atom. The lowest BCUT2D eigenvalue weighted by Gasteiger charge is -2.32. The molecule has 1 unspecified atom stereocenters. The van der Waals surface area contributed by atoms with Crippen molar-refractivity contribution in [2.24, 2.45) is 0 Å². The molecule has 1 N–H and O–H groups in total. The normalized spacial score (nSPS) is 15.1. The minimum Gasteiger partial charge on any atom is -0.338 e. The second kappa shape index (κ2) is 11.0. The maximum Gasteiger partial charge on any atom is 0.241 e. The minimum absolute atomic E-state index is 0.136. The fraction of sp³-hybridized carbons (Fsp3) is 0.357. The number of benzene rings is 3. The zero-order chi connectivity index (χ0) is 24.8. The van der Waals surface area contributed by atoms with E-state index >= 15 is 0 Å². The zero-order valence-corrected chi connectivity index (χ0v) is 20.8. The lowest BCUT2D eigenvalue weighted by Crippen LogP contribution is -2.52. The molecule has 182 valence electrons. The molecule has 0 spiro atoms. The van der Waals surface area contributed by atoms with Crippen molar-refractivity contribution >= 4 is 26.7 Å². The fourth-order valence-corrected chi connectivity index (χ4v) is 6.07. The van der Waals surface area contributed by atoms with Crippen molar-refractivity contribution in [2.45, 2.75) is 62.4 Å². The van der Waals surface area contributed by atoms with Crippen molar-refractivity contribution < 1.29 is 13.2 Å². The van der Waals surface area contributed by atoms with Gasteiger partial charge in [-0.2, -0.15) is 9.98 Å². The highest BCUT2D eigenvalue weighted by Gasteiger charge is 2.33. The molecule has 35 heavy (non-hydrogen) atoms. The van der Waals surface area contributed by atoms with Gasteiger partial charge in [-0.05, 0) is 66.3 Å². The van der Waals surface area contributed by atoms with Crippen LogP contribution >= 0.6 is 0 Å². The second-order valence-corrected chi connectivity index (χ2v) is 10.9. The smallest absolute Gasteiger partial charge is 0.241 e. The van der Waals surface area contributed by atoms with Crippen LogP contribution in [0.15, 0.2) is 71.6 Å². The Labute approximate surface area is 207 Å². The predicted octanol–water partition coefficient (Wildman–Crippen LogP) is 4.78. The number of carbonyl (C=O) groups is 1. The molecule has 1 aliphatic rings. The molecule has 7 heteroatoms. The summed E-state index contributed by atoms with van der Waals surface area (Å²) in [4.78, 5) is 15.8. The maximum absolute atomic E-state index is 13.8. The molecule has 0 radical (unpaired) electrons. The minimum atomic E-state index is -3.95. The highest BCUT2D eigenvalue weighted by atomic mass is 32.2. The van der Waals surface area contributed by atoms with Crippen molar-refractivity contribution in [3.05, 3.63) is 77.9 Å². The molecular formula is C28H31N3O3S. The Morgan fingerprint density at radius 3 is 2.40 bits per heavy atom. The quantitative estimate of drug-likeness (QED) is 0.468. The molecule has 0 heterocycles. The molecule has 0 aromatic heterocycles. The number of fused-ring (bicyclic) bond motifs is 1. The Hall–Kier alpha value is -3.21. The van der Waals surface area contributed by atoms with Crippen molar-refractivity contribution in [3.8, 4) is 6.07 Å². The number of rotatable bonds is 9. The Balaban J connectivity index is 1.66. The number of nitrogens with one attached hydrogen (secondary N) is 1. The van der Waals surface area contributed by atoms with E-state index in [0.717, 1.165) is 48.4 Å². The van der Waals surface area contributed by atoms with Gasteiger partial charge in [-0.25, -0.2) is 8.42 Å². The van der Waals surface area contributed by atoms with Gasteiger partial charge in [-0.3, -0.25) is 4.79 Å². The number of carbonyl (C=O) groups excluding carboxylic acids is 1. The summed E-state index contributed by atoms with van der Waals surface area (Å²) in [5, 5.41) is 10.9. The van der Waals surface area contributed by atoms with Gasteiger partial charge in [-0.15, -0.1) is 0 Å². The van der Waals surface area contributed by atoms with Gasteiger partial charge in [0.05, 0.1) is 16.5 Å². The summed E-state index contributed by atoms with van der Waals surface area (Å²) in [6.07, 6.45) is 5.09. The van der Waals surface area contributed by atoms with Gasteiger partial charge in [0.15, 0.2) is 0 Å². The van der Waals surface area contributed by atoms with Crippen LogP contribution in [-0.4, -0.2) is 37.9 Å². The Kier molecular flexibility index (Phi) is 7.84. The van der Waals surface area contributed by atoms with E-state index in [1.165, 1.54) is 0 Å². The van der Waals surface area contributed by atoms with Crippen LogP contribution in [-0.2, 0) is 21.2 Å². The first-order chi connectivity index (χ1) is 16.9. The molecule has 3 aromatic rings. The largest absolute Gasteiger partial charge is 0.338 e. The fourth-order valence-electron chi connectivity index (χ4n) is 4.85. The van der Waals surface area contributed by atoms with Crippen LogP contribution in [0.25, 0.3) is 10.8 Å². The molecule has 0 bridgehead atoms. The standard InChI is InChI=1S/C28H31N3O3S/c1-2-17-31(25-9-5-6-10-25)28(32)27(18-21-11-13-22(20-29)14-12-21)30-35(33,34)26-16-15-23-7-3-4-8-24(23)19-26/h3-4,7-8,11-16,19,25,27,30H,2,5-6,9-10,17-18H2,1H3. The van der Waals surface area contributed by atoms with E-state index in [0.29, 0.717) is 12.1 Å². The lowest BCUT2D eigenvalue weighted by atomic mass is 10.0. The third-order valence-corrected chi connectivity index (χ3v) is 8.13. The molecule has 0 aliphatic heterocycles. The van der Waals surface area contributed by atoms with E-state index in [2.05, 4.69) is 10.8 Å². The van der Waals surface area contributed by atoms with Crippen LogP contribution in [0.3, 0.4) is 0 Å². The van der Waals surface area contributed by atoms with Crippen LogP contribution in [0.1, 0.15) is 50.2 Å². The van der Waals surface area contributed by atoms with Crippen LogP contribution in [0, 0.1) is 11.3 Å². The summed E-state index contributed by atoms with van der Waals surface area (Å²) < 4.78 is 29.6. The van der Waals surface area contributed by atoms with Gasteiger partial charge in [0, 0.05) is 12.6 Å². The van der Waals surface area contributed by atoms with Gasteiger partial charge >= 0.3 is 0 Å². The first-order valence-corrected chi connectivity index (χ1v) is 13.7. The number of hydrogen-bond acceptors (Lipinski definition) is 4. The van der Waals surface area contributed by atoms with Crippen LogP contribution < -0.4 is 4.72 Å². The van der Waals surface area contributed by atoms with Gasteiger partial charge in [-0.1, -0.05) is 62.2 Å². The lowest BCUT2D eigenvalue weighted by molar-refractivity contribution is -0.135. The third kappa shape index (κ3) is 5.90. The van der Waals surface area contributed by atoms with Crippen LogP contribution in [0.2, 0.25) is 0 Å². The molecule has 1 saturated carbocycles. The molecular weight excluding hydrogens is 458 g/mol. The highest BCUT2D eigenvalue weighted by Crippen LogP contribution is 2.26. The SMILES string of the molecule is CCCN(C(=O)C(Cc1ccc(C#N)cc1)NS(=O)(=O)c1ccc2ccccc2c1)C1CCCC1. The van der Waals surface area contributed by atoms with E-state index in [4.69, 9.17) is 5.26 Å². The van der Waals surface area contributed by atoms with Gasteiger partial charge in [0.1, 0.15) is 6.04 Å². The number of hydrogen-bond donors (Lipinski definition) is 1. The van der Waals surface area contributed by atoms with Gasteiger partial charge < -0.3 is 4.90 Å². The predicted molar refractivity (Wildman–Crippen MR) is 137 cm³/mol. The van der Waals surface area contributed by atoms with Crippen LogP contribution in [0.4, 0.5) is 0 Å². The Morgan fingerprint density at radius 1 is 1.06 bits per heavy atom. The number of nitriles is 1. The van der Waals surface area contributed by atoms with Crippen molar-refractivity contribution in [2.75, 3.05) is 6.54 Å². The van der Waals surface area contributed by atoms with E-state index in [1.54, 1.807) is 42.5 Å². The van der Waals surface area contributed by atoms with E-state index < -0.39 is 16.1 Å². The first-order valence-electron chi connectivity index (χ1n) is 12.2. The van der Waals surface area contributed by atoms with E-state index in [-0.39, 0.29) is 23.3 Å². The van der Waals surface area contributed by atoms with Gasteiger partial charge in [0.2, 0.25) is 15.9 Å². The molecule has 3 aromatic carbocycles. The topological polar surface area (TPSA) is 90.3 Å². The summed E-state index contributed by atoms with van der Waals surface area (Å²) in [6, 6.07) is 20.8. The highest BCUT2D eigenvalue weighted by molar-refractivity contribution is 7.89. The van der Waals surface area contributed by atoms with Gasteiger partial charge in [0.25, 0.3) is 0 Å². The molecule has 1 aliphatic carbocycles. The molecule has 1 fully saturated rings. The molecule has 1 atom stereocenters. The maximum atomic E-state index is 13.8. The molecule has 0 saturated heterocycles. The monoisotopic (exact) mass is 489 g/mol. The number of amides is 1. The summed E-state index contributed by atoms with van der Waals surface area (Å²) >= 11 is 0. The molecule has 1 amide bonds. The average Bonchev–Trinajstić information content (AvgIpc) is 3.41. The third-order valence-electron chi connectivity index (χ3n) is 6.66. The first kappa shape index (κ1) is 24.9. The number of nitrogens with zero attached hydrogens (tertiary/aromatic N) is 2. The van der Waals surface area contributed by atoms with E-state index in [9.17, 15) is 13.2 Å². The summed E-state index contributed by atoms with van der Waals surface area (Å²) in [5.41, 5.74) is 1.32. The van der Waals surface area contributed by atoms with Crippen molar-refractivity contribution in [1.82, 2.24) is 9.62 Å². The van der Waals surface area contributed by atoms with Crippen molar-refractivity contribution in [3.63, 3.8) is 0 Å².